The largest absolute Gasteiger partial charge is 0.494 e. The lowest BCUT2D eigenvalue weighted by molar-refractivity contribution is -0.198. The number of carbonyl (C=O) groups is 1. The number of carboxylic acids is 1. The number of methoxy groups -OCH3 is 1. The molecule has 2 saturated heterocycles. The summed E-state index contributed by atoms with van der Waals surface area (Å²) in [6.07, 6.45) is -3.76. The molecule has 6 rings (SSSR count). The summed E-state index contributed by atoms with van der Waals surface area (Å²) in [5.74, 6) is -0.995. The van der Waals surface area contributed by atoms with E-state index >= 15 is 0 Å². The summed E-state index contributed by atoms with van der Waals surface area (Å²) in [7, 11) is 1.35. The summed E-state index contributed by atoms with van der Waals surface area (Å²) in [6.45, 7) is 5.03. The molecule has 2 aromatic carbocycles. The number of alkyl halides is 3. The number of hydrogen-bond acceptors (Lipinski definition) is 8. The van der Waals surface area contributed by atoms with Gasteiger partial charge in [0.15, 0.2) is 11.6 Å². The van der Waals surface area contributed by atoms with Gasteiger partial charge in [0, 0.05) is 37.5 Å². The molecule has 10 nitrogen and oxygen atoms in total. The number of carboxylic acid groups (broad SMARTS) is 1. The van der Waals surface area contributed by atoms with Gasteiger partial charge in [-0.2, -0.15) is 23.3 Å². The number of halogens is 4. The van der Waals surface area contributed by atoms with Crippen molar-refractivity contribution in [3.8, 4) is 28.4 Å². The summed E-state index contributed by atoms with van der Waals surface area (Å²) < 4.78 is 71.1. The van der Waals surface area contributed by atoms with Crippen LogP contribution in [0.5, 0.6) is 11.6 Å². The van der Waals surface area contributed by atoms with E-state index in [2.05, 4.69) is 20.4 Å². The lowest BCUT2D eigenvalue weighted by atomic mass is 9.76. The second kappa shape index (κ2) is 12.5. The van der Waals surface area contributed by atoms with Crippen LogP contribution in [0.15, 0.2) is 54.7 Å². The second-order valence-electron chi connectivity index (χ2n) is 12.1. The molecular weight excluding hydrogens is 620 g/mol. The van der Waals surface area contributed by atoms with Crippen LogP contribution in [0.25, 0.3) is 16.8 Å². The number of nitrogens with one attached hydrogen (secondary N) is 1. The Bertz CT molecular complexity index is 1790. The van der Waals surface area contributed by atoms with Crippen LogP contribution < -0.4 is 19.7 Å². The van der Waals surface area contributed by atoms with E-state index in [0.29, 0.717) is 61.5 Å². The molecule has 2 aliphatic heterocycles. The Morgan fingerprint density at radius 1 is 1.06 bits per heavy atom. The summed E-state index contributed by atoms with van der Waals surface area (Å²) in [4.78, 5) is 22.1. The van der Waals surface area contributed by atoms with Crippen LogP contribution in [-0.4, -0.2) is 69.8 Å². The Morgan fingerprint density at radius 2 is 1.79 bits per heavy atom. The molecule has 14 heteroatoms. The number of aliphatic carboxylic acids is 1. The Hall–Kier alpha value is -4.72. The third-order valence-electron chi connectivity index (χ3n) is 8.91. The van der Waals surface area contributed by atoms with E-state index < -0.39 is 30.1 Å². The van der Waals surface area contributed by atoms with E-state index in [1.54, 1.807) is 32.2 Å². The average molecular weight is 655 g/mol. The Labute approximate surface area is 268 Å². The molecule has 2 N–H and O–H groups in total. The molecule has 0 unspecified atom stereocenters. The zero-order chi connectivity index (χ0) is 33.5. The summed E-state index contributed by atoms with van der Waals surface area (Å²) in [6, 6.07) is 11.1. The number of hydrogen-bond donors (Lipinski definition) is 2. The molecule has 2 aromatic heterocycles. The predicted molar refractivity (Wildman–Crippen MR) is 164 cm³/mol. The van der Waals surface area contributed by atoms with Crippen molar-refractivity contribution in [2.24, 2.45) is 5.41 Å². The standard InChI is InChI=1S/C33H34F4N6O4/c1-19-8-11-43(41-19)26-15-22(21-5-7-27(46-3)24(34)14-21)4-6-23(26)30(33(35,36)37)47-29-16-28(39-20(2)40-29)42-12-9-32(10-13-42)17-25(31(44)45)38-18-32/h4-8,11,14-16,25,30,38H,9-10,12-13,17-18H2,1-3H3,(H,44,45)/t25-,30+/m0/s1. The van der Waals surface area contributed by atoms with Crippen molar-refractivity contribution in [3.63, 3.8) is 0 Å². The predicted octanol–water partition coefficient (Wildman–Crippen LogP) is 5.81. The minimum Gasteiger partial charge on any atom is -0.494 e. The van der Waals surface area contributed by atoms with Gasteiger partial charge in [0.05, 0.1) is 18.5 Å². The number of anilines is 1. The van der Waals surface area contributed by atoms with Gasteiger partial charge >= 0.3 is 12.1 Å². The summed E-state index contributed by atoms with van der Waals surface area (Å²) in [5, 5.41) is 16.8. The Kier molecular flexibility index (Phi) is 8.55. The van der Waals surface area contributed by atoms with Crippen molar-refractivity contribution in [3.05, 3.63) is 77.6 Å². The Balaban J connectivity index is 1.31. The van der Waals surface area contributed by atoms with Gasteiger partial charge in [0.1, 0.15) is 17.7 Å². The molecule has 2 fully saturated rings. The van der Waals surface area contributed by atoms with Gasteiger partial charge in [-0.3, -0.25) is 4.79 Å². The topological polar surface area (TPSA) is 115 Å². The fourth-order valence-electron chi connectivity index (χ4n) is 6.40. The average Bonchev–Trinajstić information content (AvgIpc) is 3.66. The van der Waals surface area contributed by atoms with Crippen molar-refractivity contribution in [1.29, 1.82) is 0 Å². The van der Waals surface area contributed by atoms with Crippen LogP contribution in [0.2, 0.25) is 0 Å². The molecule has 0 bridgehead atoms. The molecule has 2 atom stereocenters. The van der Waals surface area contributed by atoms with Crippen LogP contribution in [0.4, 0.5) is 23.4 Å². The number of aromatic nitrogens is 4. The van der Waals surface area contributed by atoms with E-state index in [1.165, 1.54) is 48.2 Å². The number of ether oxygens (including phenoxy) is 2. The zero-order valence-electron chi connectivity index (χ0n) is 26.0. The van der Waals surface area contributed by atoms with Crippen LogP contribution in [0.3, 0.4) is 0 Å². The minimum atomic E-state index is -4.85. The highest BCUT2D eigenvalue weighted by molar-refractivity contribution is 5.74. The van der Waals surface area contributed by atoms with Crippen molar-refractivity contribution in [1.82, 2.24) is 25.1 Å². The van der Waals surface area contributed by atoms with E-state index in [9.17, 15) is 27.5 Å². The van der Waals surface area contributed by atoms with Crippen LogP contribution >= 0.6 is 0 Å². The third-order valence-corrected chi connectivity index (χ3v) is 8.91. The molecule has 47 heavy (non-hydrogen) atoms. The highest BCUT2D eigenvalue weighted by Crippen LogP contribution is 2.43. The minimum absolute atomic E-state index is 0.0461. The van der Waals surface area contributed by atoms with Gasteiger partial charge in [-0.25, -0.2) is 14.1 Å². The molecule has 0 aliphatic carbocycles. The maximum Gasteiger partial charge on any atom is 0.429 e. The van der Waals surface area contributed by atoms with Crippen molar-refractivity contribution in [2.75, 3.05) is 31.6 Å². The van der Waals surface area contributed by atoms with E-state index in [0.717, 1.165) is 0 Å². The molecule has 0 amide bonds. The van der Waals surface area contributed by atoms with Gasteiger partial charge in [-0.15, -0.1) is 0 Å². The van der Waals surface area contributed by atoms with E-state index in [-0.39, 0.29) is 34.1 Å². The lowest BCUT2D eigenvalue weighted by Crippen LogP contribution is -2.41. The normalized spacial score (nSPS) is 18.4. The third kappa shape index (κ3) is 6.73. The highest BCUT2D eigenvalue weighted by atomic mass is 19.4. The van der Waals surface area contributed by atoms with Gasteiger partial charge in [0.2, 0.25) is 12.0 Å². The molecule has 4 aromatic rings. The zero-order valence-corrected chi connectivity index (χ0v) is 26.0. The lowest BCUT2D eigenvalue weighted by Gasteiger charge is -2.39. The maximum absolute atomic E-state index is 14.8. The first-order valence-electron chi connectivity index (χ1n) is 15.1. The molecule has 0 radical (unpaired) electrons. The maximum atomic E-state index is 14.8. The first-order valence-corrected chi connectivity index (χ1v) is 15.1. The van der Waals surface area contributed by atoms with Crippen molar-refractivity contribution in [2.45, 2.75) is 51.4 Å². The van der Waals surface area contributed by atoms with Crippen molar-refractivity contribution < 1.29 is 36.9 Å². The summed E-state index contributed by atoms with van der Waals surface area (Å²) >= 11 is 0. The number of nitrogens with zero attached hydrogens (tertiary/aromatic N) is 5. The molecule has 0 saturated carbocycles. The molecule has 1 spiro atoms. The van der Waals surface area contributed by atoms with E-state index in [4.69, 9.17) is 9.47 Å². The number of benzene rings is 2. The second-order valence-corrected chi connectivity index (χ2v) is 12.1. The van der Waals surface area contributed by atoms with Gasteiger partial charge in [-0.1, -0.05) is 18.2 Å². The van der Waals surface area contributed by atoms with Gasteiger partial charge in [-0.05, 0) is 73.9 Å². The van der Waals surface area contributed by atoms with Gasteiger partial charge in [0.25, 0.3) is 0 Å². The van der Waals surface area contributed by atoms with E-state index in [1.807, 2.05) is 4.90 Å². The number of piperidine rings is 1. The molecule has 2 aliphatic rings. The number of rotatable bonds is 8. The fraction of sp³-hybridized carbons (Fsp3) is 0.394. The summed E-state index contributed by atoms with van der Waals surface area (Å²) in [5.41, 5.74) is 1.25. The smallest absolute Gasteiger partial charge is 0.429 e. The molecule has 248 valence electrons. The molecular formula is C33H34F4N6O4. The quantitative estimate of drug-likeness (QED) is 0.227. The SMILES string of the molecule is COc1ccc(-c2ccc([C@@H](Oc3cc(N4CCC5(CC4)CN[C@H](C(=O)O)C5)nc(C)n3)C(F)(F)F)c(-n3ccc(C)n3)c2)cc1F. The molecule has 4 heterocycles. The van der Waals surface area contributed by atoms with Gasteiger partial charge < -0.3 is 24.8 Å². The van der Waals surface area contributed by atoms with Crippen LogP contribution in [-0.2, 0) is 4.79 Å². The highest BCUT2D eigenvalue weighted by Gasteiger charge is 2.46. The fourth-order valence-corrected chi connectivity index (χ4v) is 6.40. The van der Waals surface area contributed by atoms with Crippen molar-refractivity contribution >= 4 is 11.8 Å². The Morgan fingerprint density at radius 3 is 2.40 bits per heavy atom. The first kappa shape index (κ1) is 32.2. The van der Waals surface area contributed by atoms with Crippen LogP contribution in [0.1, 0.15) is 42.4 Å². The first-order chi connectivity index (χ1) is 22.3. The monoisotopic (exact) mass is 654 g/mol. The van der Waals surface area contributed by atoms with Crippen LogP contribution in [0, 0.1) is 25.1 Å². The number of aryl methyl sites for hydroxylation is 2.